The second kappa shape index (κ2) is 13.8. The van der Waals surface area contributed by atoms with Crippen LogP contribution in [0.15, 0.2) is 36.5 Å². The number of pyridine rings is 1. The number of fused-ring (bicyclic) bond motifs is 1. The highest BCUT2D eigenvalue weighted by Gasteiger charge is 2.20. The average Bonchev–Trinajstić information content (AvgIpc) is 2.91. The van der Waals surface area contributed by atoms with Gasteiger partial charge in [0.15, 0.2) is 11.5 Å². The van der Waals surface area contributed by atoms with Crippen LogP contribution < -0.4 is 25.8 Å². The summed E-state index contributed by atoms with van der Waals surface area (Å²) in [5, 5.41) is 16.7. The number of hydrogen-bond acceptors (Lipinski definition) is 7. The Morgan fingerprint density at radius 1 is 1.15 bits per heavy atom. The lowest BCUT2D eigenvalue weighted by atomic mass is 10.0. The minimum Gasteiger partial charge on any atom is -0.493 e. The zero-order valence-corrected chi connectivity index (χ0v) is 24.2. The van der Waals surface area contributed by atoms with E-state index in [1.165, 1.54) is 6.20 Å². The van der Waals surface area contributed by atoms with Crippen LogP contribution in [0.4, 0.5) is 16.2 Å². The molecule has 1 heterocycles. The second-order valence-corrected chi connectivity index (χ2v) is 10.1. The number of primary amides is 1. The number of hydrogen-bond donors (Lipinski definition) is 4. The van der Waals surface area contributed by atoms with Gasteiger partial charge in [-0.25, -0.2) is 4.79 Å². The van der Waals surface area contributed by atoms with Gasteiger partial charge in [0.2, 0.25) is 0 Å². The summed E-state index contributed by atoms with van der Waals surface area (Å²) in [6, 6.07) is 9.15. The lowest BCUT2D eigenvalue weighted by molar-refractivity contribution is 0.100. The molecule has 0 saturated heterocycles. The van der Waals surface area contributed by atoms with Gasteiger partial charge in [-0.2, -0.15) is 0 Å². The molecule has 3 amide bonds. The molecule has 0 spiro atoms. The SMILES string of the molecule is CCc1c(CO)cccc1Nc1c(C(N)=O)cnc2cc(OCCCN(C(=O)NC(C)C)C(C)C)c(OC)cc12. The predicted octanol–water partition coefficient (Wildman–Crippen LogP) is 4.74. The second-order valence-electron chi connectivity index (χ2n) is 10.1. The molecule has 0 bridgehead atoms. The molecule has 10 nitrogen and oxygen atoms in total. The first-order valence-corrected chi connectivity index (χ1v) is 13.6. The molecule has 216 valence electrons. The number of nitrogens with one attached hydrogen (secondary N) is 2. The van der Waals surface area contributed by atoms with Crippen LogP contribution in [0.1, 0.15) is 62.5 Å². The molecule has 3 aromatic rings. The van der Waals surface area contributed by atoms with Crippen molar-refractivity contribution in [3.63, 3.8) is 0 Å². The fraction of sp³-hybridized carbons (Fsp3) is 0.433. The zero-order chi connectivity index (χ0) is 29.4. The van der Waals surface area contributed by atoms with Gasteiger partial charge in [-0.3, -0.25) is 9.78 Å². The Kier molecular flexibility index (Phi) is 10.6. The van der Waals surface area contributed by atoms with Crippen molar-refractivity contribution < 1.29 is 24.2 Å². The van der Waals surface area contributed by atoms with Crippen molar-refractivity contribution in [1.82, 2.24) is 15.2 Å². The van der Waals surface area contributed by atoms with Gasteiger partial charge in [0.1, 0.15) is 0 Å². The molecule has 0 aliphatic carbocycles. The van der Waals surface area contributed by atoms with E-state index in [-0.39, 0.29) is 30.3 Å². The molecule has 3 rings (SSSR count). The summed E-state index contributed by atoms with van der Waals surface area (Å²) in [5.74, 6) is 0.348. The summed E-state index contributed by atoms with van der Waals surface area (Å²) in [6.07, 6.45) is 2.74. The van der Waals surface area contributed by atoms with Gasteiger partial charge in [-0.1, -0.05) is 19.1 Å². The van der Waals surface area contributed by atoms with Crippen LogP contribution in [0, 0.1) is 0 Å². The van der Waals surface area contributed by atoms with Crippen LogP contribution in [0.2, 0.25) is 0 Å². The van der Waals surface area contributed by atoms with E-state index in [9.17, 15) is 14.7 Å². The van der Waals surface area contributed by atoms with Crippen LogP contribution in [-0.2, 0) is 13.0 Å². The topological polar surface area (TPSA) is 139 Å². The normalized spacial score (nSPS) is 11.1. The molecule has 10 heteroatoms. The van der Waals surface area contributed by atoms with Crippen LogP contribution in [0.5, 0.6) is 11.5 Å². The average molecular weight is 552 g/mol. The number of carbonyl (C=O) groups is 2. The standard InChI is InChI=1S/C30H41N5O5/c1-7-21-20(17-36)10-8-11-24(21)34-28-22-14-26(39-6)27(15-25(22)32-16-23(28)29(31)37)40-13-9-12-35(19(4)5)30(38)33-18(2)3/h8,10-11,14-16,18-19,36H,7,9,12-13,17H2,1-6H3,(H2,31,37)(H,32,34)(H,33,38). The molecule has 1 aromatic heterocycles. The Bertz CT molecular complexity index is 1340. The monoisotopic (exact) mass is 551 g/mol. The minimum absolute atomic E-state index is 0.0508. The Labute approximate surface area is 235 Å². The van der Waals surface area contributed by atoms with Crippen LogP contribution in [0.25, 0.3) is 10.9 Å². The molecule has 5 N–H and O–H groups in total. The molecule has 0 radical (unpaired) electrons. The maximum absolute atomic E-state index is 12.5. The number of amides is 3. The van der Waals surface area contributed by atoms with Crippen LogP contribution >= 0.6 is 0 Å². The molecule has 0 unspecified atom stereocenters. The maximum atomic E-state index is 12.5. The summed E-state index contributed by atoms with van der Waals surface area (Å²) < 4.78 is 11.7. The number of aliphatic hydroxyl groups is 1. The Balaban J connectivity index is 1.90. The quantitative estimate of drug-likeness (QED) is 0.225. The van der Waals surface area contributed by atoms with E-state index in [1.54, 1.807) is 24.1 Å². The zero-order valence-electron chi connectivity index (χ0n) is 24.2. The van der Waals surface area contributed by atoms with Crippen LogP contribution in [-0.4, -0.2) is 59.3 Å². The van der Waals surface area contributed by atoms with E-state index in [0.29, 0.717) is 54.1 Å². The number of aromatic nitrogens is 1. The number of urea groups is 1. The number of aliphatic hydroxyl groups excluding tert-OH is 1. The third-order valence-corrected chi connectivity index (χ3v) is 6.57. The van der Waals surface area contributed by atoms with Gasteiger partial charge in [-0.15, -0.1) is 0 Å². The number of anilines is 2. The van der Waals surface area contributed by atoms with E-state index >= 15 is 0 Å². The summed E-state index contributed by atoms with van der Waals surface area (Å²) in [4.78, 5) is 31.1. The number of ether oxygens (including phenoxy) is 2. The smallest absolute Gasteiger partial charge is 0.317 e. The molecule has 0 saturated carbocycles. The van der Waals surface area contributed by atoms with Crippen molar-refractivity contribution in [3.05, 3.63) is 53.2 Å². The van der Waals surface area contributed by atoms with Gasteiger partial charge in [0, 0.05) is 42.0 Å². The maximum Gasteiger partial charge on any atom is 0.317 e. The number of rotatable bonds is 13. The largest absolute Gasteiger partial charge is 0.493 e. The first kappa shape index (κ1) is 30.5. The first-order chi connectivity index (χ1) is 19.1. The summed E-state index contributed by atoms with van der Waals surface area (Å²) in [7, 11) is 1.54. The van der Waals surface area contributed by atoms with E-state index in [2.05, 4.69) is 15.6 Å². The van der Waals surface area contributed by atoms with Gasteiger partial charge in [0.05, 0.1) is 37.1 Å². The highest BCUT2D eigenvalue weighted by molar-refractivity contribution is 6.08. The van der Waals surface area contributed by atoms with Crippen LogP contribution in [0.3, 0.4) is 0 Å². The van der Waals surface area contributed by atoms with Crippen molar-refractivity contribution in [1.29, 1.82) is 0 Å². The molecule has 2 aromatic carbocycles. The Morgan fingerprint density at radius 3 is 2.50 bits per heavy atom. The van der Waals surface area contributed by atoms with Crippen molar-refractivity contribution >= 4 is 34.2 Å². The number of benzene rings is 2. The lowest BCUT2D eigenvalue weighted by Crippen LogP contribution is -2.46. The Hall–Kier alpha value is -4.05. The van der Waals surface area contributed by atoms with Gasteiger partial charge < -0.3 is 35.8 Å². The molecular weight excluding hydrogens is 510 g/mol. The van der Waals surface area contributed by atoms with Crippen molar-refractivity contribution in [2.45, 2.75) is 66.2 Å². The van der Waals surface area contributed by atoms with Gasteiger partial charge >= 0.3 is 6.03 Å². The highest BCUT2D eigenvalue weighted by atomic mass is 16.5. The summed E-state index contributed by atoms with van der Waals surface area (Å²) in [6.45, 7) is 10.6. The van der Waals surface area contributed by atoms with Gasteiger partial charge in [-0.05, 0) is 63.8 Å². The summed E-state index contributed by atoms with van der Waals surface area (Å²) in [5.41, 5.74) is 9.53. The summed E-state index contributed by atoms with van der Waals surface area (Å²) >= 11 is 0. The van der Waals surface area contributed by atoms with Crippen molar-refractivity contribution in [2.75, 3.05) is 25.6 Å². The minimum atomic E-state index is -0.622. The number of carbonyl (C=O) groups excluding carboxylic acids is 2. The van der Waals surface area contributed by atoms with E-state index in [0.717, 1.165) is 16.8 Å². The highest BCUT2D eigenvalue weighted by Crippen LogP contribution is 2.38. The van der Waals surface area contributed by atoms with Gasteiger partial charge in [0.25, 0.3) is 5.91 Å². The molecular formula is C30H41N5O5. The Morgan fingerprint density at radius 2 is 1.90 bits per heavy atom. The third kappa shape index (κ3) is 7.12. The lowest BCUT2D eigenvalue weighted by Gasteiger charge is -2.28. The van der Waals surface area contributed by atoms with E-state index in [1.807, 2.05) is 52.8 Å². The number of methoxy groups -OCH3 is 1. The van der Waals surface area contributed by atoms with E-state index in [4.69, 9.17) is 15.2 Å². The number of nitrogens with zero attached hydrogens (tertiary/aromatic N) is 2. The number of nitrogens with two attached hydrogens (primary N) is 1. The fourth-order valence-corrected chi connectivity index (χ4v) is 4.59. The first-order valence-electron chi connectivity index (χ1n) is 13.6. The molecule has 0 aliphatic rings. The molecule has 0 atom stereocenters. The fourth-order valence-electron chi connectivity index (χ4n) is 4.59. The molecule has 0 fully saturated rings. The van der Waals surface area contributed by atoms with Crippen molar-refractivity contribution in [3.8, 4) is 11.5 Å². The third-order valence-electron chi connectivity index (χ3n) is 6.57. The molecule has 40 heavy (non-hydrogen) atoms. The molecule has 0 aliphatic heterocycles. The predicted molar refractivity (Wildman–Crippen MR) is 157 cm³/mol. The van der Waals surface area contributed by atoms with E-state index < -0.39 is 5.91 Å². The van der Waals surface area contributed by atoms with Crippen molar-refractivity contribution in [2.24, 2.45) is 5.73 Å².